The van der Waals surface area contributed by atoms with Crippen molar-refractivity contribution < 1.29 is 0 Å². The third-order valence-electron chi connectivity index (χ3n) is 6.53. The molecule has 0 aliphatic rings. The summed E-state index contributed by atoms with van der Waals surface area (Å²) in [6.07, 6.45) is 0. The second-order valence-electron chi connectivity index (χ2n) is 8.49. The molecule has 0 unspecified atom stereocenters. The first kappa shape index (κ1) is 18.9. The van der Waals surface area contributed by atoms with Crippen LogP contribution >= 0.6 is 0 Å². The van der Waals surface area contributed by atoms with Crippen molar-refractivity contribution in [1.82, 2.24) is 14.1 Å². The predicted octanol–water partition coefficient (Wildman–Crippen LogP) is 7.79. The number of hydrogen-bond acceptors (Lipinski definition) is 1. The fourth-order valence-corrected chi connectivity index (χ4v) is 5.07. The molecule has 7 rings (SSSR count). The molecule has 0 atom stereocenters. The quantitative estimate of drug-likeness (QED) is 0.278. The molecule has 7 aromatic rings. The number of benzene rings is 5. The van der Waals surface area contributed by atoms with Gasteiger partial charge in [-0.2, -0.15) is 0 Å². The Hall–Kier alpha value is -4.63. The van der Waals surface area contributed by atoms with E-state index in [-0.39, 0.29) is 0 Å². The monoisotopic (exact) mass is 435 g/mol. The predicted molar refractivity (Wildman–Crippen MR) is 141 cm³/mol. The number of aromatic nitrogens is 3. The van der Waals surface area contributed by atoms with Crippen LogP contribution < -0.4 is 0 Å². The maximum atomic E-state index is 5.27. The molecule has 2 aromatic heterocycles. The number of para-hydroxylation sites is 4. The summed E-state index contributed by atoms with van der Waals surface area (Å²) in [6.45, 7) is 0. The standard InChI is InChI=1S/C31H21N3/c1-3-12-22(13-4-1)31-32-30-28(33(31)23-14-5-2-6-15-23)20-11-21-29(30)34-26-18-9-7-16-24(26)25-17-8-10-19-27(25)34/h1-21H. The summed E-state index contributed by atoms with van der Waals surface area (Å²) < 4.78 is 4.62. The van der Waals surface area contributed by atoms with Gasteiger partial charge in [-0.3, -0.25) is 4.57 Å². The van der Waals surface area contributed by atoms with Gasteiger partial charge in [-0.1, -0.05) is 91.0 Å². The highest BCUT2D eigenvalue weighted by Gasteiger charge is 2.19. The molecular weight excluding hydrogens is 414 g/mol. The molecule has 0 spiro atoms. The smallest absolute Gasteiger partial charge is 0.145 e. The Bertz CT molecular complexity index is 1740. The van der Waals surface area contributed by atoms with Crippen LogP contribution in [0.3, 0.4) is 0 Å². The normalized spacial score (nSPS) is 11.5. The third-order valence-corrected chi connectivity index (χ3v) is 6.53. The van der Waals surface area contributed by atoms with E-state index in [4.69, 9.17) is 4.98 Å². The molecule has 0 radical (unpaired) electrons. The third kappa shape index (κ3) is 2.74. The lowest BCUT2D eigenvalue weighted by Crippen LogP contribution is -1.97. The maximum Gasteiger partial charge on any atom is 0.145 e. The summed E-state index contributed by atoms with van der Waals surface area (Å²) in [4.78, 5) is 5.27. The Balaban J connectivity index is 1.62. The average molecular weight is 436 g/mol. The van der Waals surface area contributed by atoms with Gasteiger partial charge in [0.1, 0.15) is 11.3 Å². The van der Waals surface area contributed by atoms with Crippen molar-refractivity contribution in [2.75, 3.05) is 0 Å². The molecule has 0 amide bonds. The lowest BCUT2D eigenvalue weighted by atomic mass is 10.2. The molecular formula is C31H21N3. The summed E-state index contributed by atoms with van der Waals surface area (Å²) >= 11 is 0. The second-order valence-corrected chi connectivity index (χ2v) is 8.49. The Morgan fingerprint density at radius 2 is 1.00 bits per heavy atom. The molecule has 160 valence electrons. The zero-order valence-electron chi connectivity index (χ0n) is 18.5. The number of imidazole rings is 1. The molecule has 0 aliphatic carbocycles. The van der Waals surface area contributed by atoms with Crippen LogP contribution in [0.1, 0.15) is 0 Å². The minimum absolute atomic E-state index is 0.940. The maximum absolute atomic E-state index is 5.27. The van der Waals surface area contributed by atoms with E-state index >= 15 is 0 Å². The first-order valence-corrected chi connectivity index (χ1v) is 11.5. The van der Waals surface area contributed by atoms with Crippen LogP contribution in [0.2, 0.25) is 0 Å². The van der Waals surface area contributed by atoms with E-state index in [0.29, 0.717) is 0 Å². The Kier molecular flexibility index (Phi) is 4.15. The average Bonchev–Trinajstić information content (AvgIpc) is 3.46. The minimum atomic E-state index is 0.940. The number of fused-ring (bicyclic) bond motifs is 4. The van der Waals surface area contributed by atoms with E-state index in [1.54, 1.807) is 0 Å². The molecule has 34 heavy (non-hydrogen) atoms. The lowest BCUT2D eigenvalue weighted by molar-refractivity contribution is 1.10. The van der Waals surface area contributed by atoms with Crippen molar-refractivity contribution in [3.05, 3.63) is 127 Å². The Morgan fingerprint density at radius 1 is 0.441 bits per heavy atom. The highest BCUT2D eigenvalue weighted by molar-refractivity contribution is 6.10. The summed E-state index contributed by atoms with van der Waals surface area (Å²) in [6, 6.07) is 44.6. The molecule has 0 saturated heterocycles. The molecule has 0 bridgehead atoms. The molecule has 0 fully saturated rings. The van der Waals surface area contributed by atoms with E-state index < -0.39 is 0 Å². The molecule has 5 aromatic carbocycles. The van der Waals surface area contributed by atoms with Gasteiger partial charge in [-0.05, 0) is 36.4 Å². The molecule has 2 heterocycles. The SMILES string of the molecule is c1ccc(-c2nc3c(-n4c5ccccc5c5ccccc54)cccc3n2-c2ccccc2)cc1. The zero-order chi connectivity index (χ0) is 22.5. The summed E-state index contributed by atoms with van der Waals surface area (Å²) in [5.74, 6) is 0.940. The zero-order valence-corrected chi connectivity index (χ0v) is 18.5. The van der Waals surface area contributed by atoms with Crippen LogP contribution in [0.15, 0.2) is 127 Å². The van der Waals surface area contributed by atoms with E-state index in [1.165, 1.54) is 21.8 Å². The minimum Gasteiger partial charge on any atom is -0.307 e. The van der Waals surface area contributed by atoms with Crippen LogP contribution in [-0.4, -0.2) is 14.1 Å². The van der Waals surface area contributed by atoms with E-state index in [2.05, 4.69) is 124 Å². The summed E-state index contributed by atoms with van der Waals surface area (Å²) in [7, 11) is 0. The van der Waals surface area contributed by atoms with Gasteiger partial charge in [0.15, 0.2) is 0 Å². The molecule has 3 heteroatoms. The van der Waals surface area contributed by atoms with Crippen molar-refractivity contribution in [2.24, 2.45) is 0 Å². The van der Waals surface area contributed by atoms with Gasteiger partial charge in [0, 0.05) is 22.0 Å². The van der Waals surface area contributed by atoms with Crippen molar-refractivity contribution in [1.29, 1.82) is 0 Å². The molecule has 0 saturated carbocycles. The molecule has 3 nitrogen and oxygen atoms in total. The van der Waals surface area contributed by atoms with Crippen molar-refractivity contribution in [3.63, 3.8) is 0 Å². The lowest BCUT2D eigenvalue weighted by Gasteiger charge is -2.11. The Labute approximate surface area is 197 Å². The van der Waals surface area contributed by atoms with E-state index in [9.17, 15) is 0 Å². The summed E-state index contributed by atoms with van der Waals surface area (Å²) in [5, 5.41) is 2.50. The number of nitrogens with zero attached hydrogens (tertiary/aromatic N) is 3. The molecule has 0 aliphatic heterocycles. The first-order chi connectivity index (χ1) is 16.9. The van der Waals surface area contributed by atoms with Crippen molar-refractivity contribution in [2.45, 2.75) is 0 Å². The second kappa shape index (κ2) is 7.46. The topological polar surface area (TPSA) is 22.8 Å². The van der Waals surface area contributed by atoms with E-state index in [1.807, 2.05) is 12.1 Å². The van der Waals surface area contributed by atoms with Crippen LogP contribution in [-0.2, 0) is 0 Å². The van der Waals surface area contributed by atoms with Crippen LogP contribution in [0.5, 0.6) is 0 Å². The van der Waals surface area contributed by atoms with Gasteiger partial charge in [-0.25, -0.2) is 4.98 Å². The fourth-order valence-electron chi connectivity index (χ4n) is 5.07. The van der Waals surface area contributed by atoms with Gasteiger partial charge in [-0.15, -0.1) is 0 Å². The van der Waals surface area contributed by atoms with Crippen molar-refractivity contribution >= 4 is 32.8 Å². The summed E-state index contributed by atoms with van der Waals surface area (Å²) in [5.41, 5.74) is 7.72. The van der Waals surface area contributed by atoms with Crippen LogP contribution in [0.25, 0.3) is 55.6 Å². The van der Waals surface area contributed by atoms with Gasteiger partial charge in [0.2, 0.25) is 0 Å². The Morgan fingerprint density at radius 3 is 1.68 bits per heavy atom. The van der Waals surface area contributed by atoms with Crippen LogP contribution in [0.4, 0.5) is 0 Å². The van der Waals surface area contributed by atoms with Crippen molar-refractivity contribution in [3.8, 4) is 22.8 Å². The van der Waals surface area contributed by atoms with Gasteiger partial charge < -0.3 is 4.57 Å². The van der Waals surface area contributed by atoms with Gasteiger partial charge in [0.05, 0.1) is 22.2 Å². The fraction of sp³-hybridized carbons (Fsp3) is 0. The molecule has 0 N–H and O–H groups in total. The first-order valence-electron chi connectivity index (χ1n) is 11.5. The number of rotatable bonds is 3. The largest absolute Gasteiger partial charge is 0.307 e. The van der Waals surface area contributed by atoms with Crippen LogP contribution in [0, 0.1) is 0 Å². The van der Waals surface area contributed by atoms with E-state index in [0.717, 1.165) is 33.8 Å². The highest BCUT2D eigenvalue weighted by atomic mass is 15.1. The highest BCUT2D eigenvalue weighted by Crippen LogP contribution is 2.36. The number of hydrogen-bond donors (Lipinski definition) is 0. The van der Waals surface area contributed by atoms with Gasteiger partial charge in [0.25, 0.3) is 0 Å². The van der Waals surface area contributed by atoms with Gasteiger partial charge >= 0.3 is 0 Å².